The molecule has 134 valence electrons. The summed E-state index contributed by atoms with van der Waals surface area (Å²) >= 11 is 0. The van der Waals surface area contributed by atoms with Crippen molar-refractivity contribution in [1.29, 1.82) is 0 Å². The highest BCUT2D eigenvalue weighted by Gasteiger charge is 2.13. The molecule has 25 heavy (non-hydrogen) atoms. The van der Waals surface area contributed by atoms with Crippen molar-refractivity contribution in [2.45, 2.75) is 39.8 Å². The Morgan fingerprint density at radius 2 is 1.76 bits per heavy atom. The molecule has 2 aromatic rings. The van der Waals surface area contributed by atoms with E-state index in [2.05, 4.69) is 45.2 Å². The van der Waals surface area contributed by atoms with Gasteiger partial charge in [0.1, 0.15) is 0 Å². The monoisotopic (exact) mass is 340 g/mol. The van der Waals surface area contributed by atoms with Gasteiger partial charge in [-0.25, -0.2) is 4.99 Å². The van der Waals surface area contributed by atoms with Crippen LogP contribution < -0.4 is 16.0 Å². The van der Waals surface area contributed by atoms with Gasteiger partial charge in [0, 0.05) is 12.1 Å². The number of carbonyl (C=O) groups excluding carboxylic acids is 1. The van der Waals surface area contributed by atoms with Gasteiger partial charge in [-0.15, -0.1) is 0 Å². The Kier molecular flexibility index (Phi) is 6.39. The molecule has 5 nitrogen and oxygen atoms in total. The van der Waals surface area contributed by atoms with Gasteiger partial charge < -0.3 is 16.0 Å². The summed E-state index contributed by atoms with van der Waals surface area (Å²) in [4.78, 5) is 16.6. The van der Waals surface area contributed by atoms with Gasteiger partial charge >= 0.3 is 0 Å². The fourth-order valence-electron chi connectivity index (χ4n) is 2.56. The average Bonchev–Trinajstić information content (AvgIpc) is 2.56. The third-order valence-corrected chi connectivity index (χ3v) is 3.56. The lowest BCUT2D eigenvalue weighted by molar-refractivity contribution is -0.121. The number of guanidine groups is 1. The van der Waals surface area contributed by atoms with Crippen LogP contribution in [-0.2, 0) is 11.3 Å². The molecule has 3 N–H and O–H groups in total. The molecule has 0 aliphatic heterocycles. The van der Waals surface area contributed by atoms with Gasteiger partial charge in [-0.05, 0) is 44.0 Å². The molecule has 0 radical (unpaired) electrons. The first-order chi connectivity index (χ1) is 11.9. The molecule has 0 aliphatic carbocycles. The summed E-state index contributed by atoms with van der Waals surface area (Å²) in [6.07, 6.45) is 0. The number of fused-ring (bicyclic) bond motifs is 1. The molecule has 0 saturated carbocycles. The molecule has 0 aromatic heterocycles. The maximum absolute atomic E-state index is 12.0. The smallest absolute Gasteiger partial charge is 0.239 e. The van der Waals surface area contributed by atoms with Crippen molar-refractivity contribution < 1.29 is 4.79 Å². The molecule has 0 aliphatic rings. The SMILES string of the molecule is CCNC(=NCc1cccc2ccccc12)NCC(=O)NC(C)(C)C. The Balaban J connectivity index is 2.05. The lowest BCUT2D eigenvalue weighted by Crippen LogP contribution is -2.48. The van der Waals surface area contributed by atoms with Crippen LogP contribution in [0.3, 0.4) is 0 Å². The van der Waals surface area contributed by atoms with E-state index >= 15 is 0 Å². The molecule has 0 atom stereocenters. The Labute approximate surface area is 149 Å². The first-order valence-corrected chi connectivity index (χ1v) is 8.69. The Morgan fingerprint density at radius 1 is 1.04 bits per heavy atom. The normalized spacial score (nSPS) is 12.1. The second-order valence-corrected chi connectivity index (χ2v) is 6.99. The van der Waals surface area contributed by atoms with Gasteiger partial charge in [-0.1, -0.05) is 42.5 Å². The zero-order chi connectivity index (χ0) is 18.3. The molecular formula is C20H28N4O. The van der Waals surface area contributed by atoms with Crippen LogP contribution in [0.2, 0.25) is 0 Å². The van der Waals surface area contributed by atoms with Crippen LogP contribution >= 0.6 is 0 Å². The molecule has 0 unspecified atom stereocenters. The van der Waals surface area contributed by atoms with Crippen LogP contribution in [0.25, 0.3) is 10.8 Å². The van der Waals surface area contributed by atoms with E-state index in [0.29, 0.717) is 12.5 Å². The van der Waals surface area contributed by atoms with Gasteiger partial charge in [0.25, 0.3) is 0 Å². The highest BCUT2D eigenvalue weighted by Crippen LogP contribution is 2.18. The van der Waals surface area contributed by atoms with Crippen LogP contribution in [0.4, 0.5) is 0 Å². The zero-order valence-corrected chi connectivity index (χ0v) is 15.5. The molecule has 2 rings (SSSR count). The predicted molar refractivity (Wildman–Crippen MR) is 105 cm³/mol. The standard InChI is InChI=1S/C20H28N4O/c1-5-21-19(23-14-18(25)24-20(2,3)4)22-13-16-11-8-10-15-9-6-7-12-17(15)16/h6-12H,5,13-14H2,1-4H3,(H,24,25)(H2,21,22,23). The highest BCUT2D eigenvalue weighted by molar-refractivity contribution is 5.88. The number of aliphatic imine (C=N–C) groups is 1. The largest absolute Gasteiger partial charge is 0.357 e. The van der Waals surface area contributed by atoms with Crippen molar-refractivity contribution in [2.24, 2.45) is 4.99 Å². The minimum atomic E-state index is -0.239. The molecule has 1 amide bonds. The van der Waals surface area contributed by atoms with E-state index in [-0.39, 0.29) is 18.0 Å². The van der Waals surface area contributed by atoms with Crippen LogP contribution in [-0.4, -0.2) is 30.5 Å². The molecule has 0 saturated heterocycles. The van der Waals surface area contributed by atoms with Crippen molar-refractivity contribution >= 4 is 22.6 Å². The van der Waals surface area contributed by atoms with E-state index in [1.54, 1.807) is 0 Å². The predicted octanol–water partition coefficient (Wildman–Crippen LogP) is 2.81. The minimum Gasteiger partial charge on any atom is -0.357 e. The topological polar surface area (TPSA) is 65.5 Å². The second kappa shape index (κ2) is 8.51. The van der Waals surface area contributed by atoms with Gasteiger partial charge in [-0.2, -0.15) is 0 Å². The van der Waals surface area contributed by atoms with E-state index < -0.39 is 0 Å². The molecule has 5 heteroatoms. The van der Waals surface area contributed by atoms with Crippen molar-refractivity contribution in [1.82, 2.24) is 16.0 Å². The minimum absolute atomic E-state index is 0.0525. The maximum atomic E-state index is 12.0. The zero-order valence-electron chi connectivity index (χ0n) is 15.5. The fourth-order valence-corrected chi connectivity index (χ4v) is 2.56. The average molecular weight is 340 g/mol. The first-order valence-electron chi connectivity index (χ1n) is 8.69. The fraction of sp³-hybridized carbons (Fsp3) is 0.400. The number of nitrogens with zero attached hydrogens (tertiary/aromatic N) is 1. The lowest BCUT2D eigenvalue weighted by atomic mass is 10.1. The first kappa shape index (κ1) is 18.8. The van der Waals surface area contributed by atoms with E-state index in [4.69, 9.17) is 0 Å². The lowest BCUT2D eigenvalue weighted by Gasteiger charge is -2.21. The number of rotatable bonds is 5. The highest BCUT2D eigenvalue weighted by atomic mass is 16.2. The van der Waals surface area contributed by atoms with Gasteiger partial charge in [-0.3, -0.25) is 4.79 Å². The Morgan fingerprint density at radius 3 is 2.48 bits per heavy atom. The van der Waals surface area contributed by atoms with E-state index in [9.17, 15) is 4.79 Å². The molecule has 2 aromatic carbocycles. The van der Waals surface area contributed by atoms with E-state index in [0.717, 1.165) is 12.1 Å². The van der Waals surface area contributed by atoms with Crippen LogP contribution in [0.5, 0.6) is 0 Å². The van der Waals surface area contributed by atoms with Gasteiger partial charge in [0.2, 0.25) is 5.91 Å². The van der Waals surface area contributed by atoms with E-state index in [1.165, 1.54) is 10.8 Å². The van der Waals surface area contributed by atoms with Crippen LogP contribution in [0.15, 0.2) is 47.5 Å². The summed E-state index contributed by atoms with van der Waals surface area (Å²) < 4.78 is 0. The number of carbonyl (C=O) groups is 1. The summed E-state index contributed by atoms with van der Waals surface area (Å²) in [6.45, 7) is 9.38. The Hall–Kier alpha value is -2.56. The number of hydrogen-bond donors (Lipinski definition) is 3. The quantitative estimate of drug-likeness (QED) is 0.579. The summed E-state index contributed by atoms with van der Waals surface area (Å²) in [5.41, 5.74) is 0.923. The van der Waals surface area contributed by atoms with Crippen LogP contribution in [0.1, 0.15) is 33.3 Å². The number of amides is 1. The number of benzene rings is 2. The Bertz CT molecular complexity index is 741. The molecule has 0 spiro atoms. The molecule has 0 bridgehead atoms. The third kappa shape index (κ3) is 6.10. The molecular weight excluding hydrogens is 312 g/mol. The van der Waals surface area contributed by atoms with Crippen molar-refractivity contribution in [2.75, 3.05) is 13.1 Å². The summed E-state index contributed by atoms with van der Waals surface area (Å²) in [7, 11) is 0. The van der Waals surface area contributed by atoms with Gasteiger partial charge in [0.05, 0.1) is 13.1 Å². The van der Waals surface area contributed by atoms with Crippen molar-refractivity contribution in [3.05, 3.63) is 48.0 Å². The van der Waals surface area contributed by atoms with Gasteiger partial charge in [0.15, 0.2) is 5.96 Å². The third-order valence-electron chi connectivity index (χ3n) is 3.56. The maximum Gasteiger partial charge on any atom is 0.239 e. The molecule has 0 heterocycles. The van der Waals surface area contributed by atoms with Crippen LogP contribution in [0, 0.1) is 0 Å². The number of nitrogens with one attached hydrogen (secondary N) is 3. The molecule has 0 fully saturated rings. The summed E-state index contributed by atoms with van der Waals surface area (Å²) in [6, 6.07) is 14.5. The second-order valence-electron chi connectivity index (χ2n) is 6.99. The summed E-state index contributed by atoms with van der Waals surface area (Å²) in [5.74, 6) is 0.586. The number of hydrogen-bond acceptors (Lipinski definition) is 2. The van der Waals surface area contributed by atoms with E-state index in [1.807, 2.05) is 45.9 Å². The summed E-state index contributed by atoms with van der Waals surface area (Å²) in [5, 5.41) is 11.6. The van der Waals surface area contributed by atoms with Crippen molar-refractivity contribution in [3.8, 4) is 0 Å². The van der Waals surface area contributed by atoms with Crippen molar-refractivity contribution in [3.63, 3.8) is 0 Å².